The van der Waals surface area contributed by atoms with E-state index in [0.29, 0.717) is 23.0 Å². The van der Waals surface area contributed by atoms with Crippen LogP contribution in [-0.4, -0.2) is 25.3 Å². The van der Waals surface area contributed by atoms with E-state index in [1.165, 1.54) is 0 Å². The molecule has 7 nitrogen and oxygen atoms in total. The van der Waals surface area contributed by atoms with Crippen molar-refractivity contribution in [2.45, 2.75) is 34.6 Å². The van der Waals surface area contributed by atoms with Crippen LogP contribution in [0.5, 0.6) is 0 Å². The lowest BCUT2D eigenvalue weighted by atomic mass is 10.1. The Morgan fingerprint density at radius 1 is 1.11 bits per heavy atom. The first-order chi connectivity index (χ1) is 13.5. The highest BCUT2D eigenvalue weighted by Crippen LogP contribution is 2.23. The standard InChI is InChI=1S/C19H17N5O2.C2H6/c1-11-8-20-19-23-16(10-24(19)9-11)14-5-4-6-15(7-14)22-18(25)17-12(2)21-13(3)26-17;1-2/h4-10H,1-3H3,(H,22,25);1-2H3. The third-order valence-electron chi connectivity index (χ3n) is 3.97. The summed E-state index contributed by atoms with van der Waals surface area (Å²) < 4.78 is 7.25. The number of benzene rings is 1. The number of carbonyl (C=O) groups excluding carboxylic acids is 1. The van der Waals surface area contributed by atoms with E-state index in [4.69, 9.17) is 4.42 Å². The quantitative estimate of drug-likeness (QED) is 0.564. The maximum atomic E-state index is 12.4. The van der Waals surface area contributed by atoms with Crippen molar-refractivity contribution < 1.29 is 9.21 Å². The molecule has 0 aliphatic rings. The minimum absolute atomic E-state index is 0.223. The van der Waals surface area contributed by atoms with Crippen molar-refractivity contribution in [1.29, 1.82) is 0 Å². The van der Waals surface area contributed by atoms with Gasteiger partial charge in [0, 0.05) is 36.8 Å². The number of hydrogen-bond acceptors (Lipinski definition) is 5. The molecule has 0 aliphatic carbocycles. The number of oxazole rings is 1. The SMILES string of the molecule is CC.Cc1cnc2nc(-c3cccc(NC(=O)c4oc(C)nc4C)c3)cn2c1. The first-order valence-corrected chi connectivity index (χ1v) is 9.17. The van der Waals surface area contributed by atoms with Crippen LogP contribution in [0, 0.1) is 20.8 Å². The van der Waals surface area contributed by atoms with Gasteiger partial charge in [-0.05, 0) is 31.5 Å². The van der Waals surface area contributed by atoms with Crippen LogP contribution in [0.4, 0.5) is 5.69 Å². The lowest BCUT2D eigenvalue weighted by Crippen LogP contribution is -2.12. The van der Waals surface area contributed by atoms with Crippen LogP contribution in [0.15, 0.2) is 47.3 Å². The van der Waals surface area contributed by atoms with Crippen LogP contribution in [0.1, 0.15) is 41.6 Å². The van der Waals surface area contributed by atoms with Gasteiger partial charge in [0.25, 0.3) is 5.91 Å². The molecule has 144 valence electrons. The molecule has 0 aliphatic heterocycles. The zero-order chi connectivity index (χ0) is 20.3. The normalized spacial score (nSPS) is 10.5. The molecule has 0 bridgehead atoms. The second-order valence-corrected chi connectivity index (χ2v) is 6.15. The third kappa shape index (κ3) is 3.93. The average Bonchev–Trinajstić information content (AvgIpc) is 3.25. The number of nitrogens with zero attached hydrogens (tertiary/aromatic N) is 4. The topological polar surface area (TPSA) is 85.3 Å². The Bertz CT molecular complexity index is 1130. The lowest BCUT2D eigenvalue weighted by molar-refractivity contribution is 0.0994. The van der Waals surface area contributed by atoms with Crippen LogP contribution < -0.4 is 5.32 Å². The number of rotatable bonds is 3. The van der Waals surface area contributed by atoms with Gasteiger partial charge in [0.2, 0.25) is 11.5 Å². The van der Waals surface area contributed by atoms with E-state index in [-0.39, 0.29) is 11.7 Å². The second kappa shape index (κ2) is 8.04. The Morgan fingerprint density at radius 2 is 1.89 bits per heavy atom. The van der Waals surface area contributed by atoms with Crippen molar-refractivity contribution in [3.63, 3.8) is 0 Å². The van der Waals surface area contributed by atoms with Crippen LogP contribution in [0.3, 0.4) is 0 Å². The average molecular weight is 377 g/mol. The van der Waals surface area contributed by atoms with Gasteiger partial charge in [-0.1, -0.05) is 26.0 Å². The predicted octanol–water partition coefficient (Wildman–Crippen LogP) is 4.59. The summed E-state index contributed by atoms with van der Waals surface area (Å²) in [5.41, 5.74) is 3.95. The fraction of sp³-hybridized carbons (Fsp3) is 0.238. The van der Waals surface area contributed by atoms with Crippen LogP contribution in [0.25, 0.3) is 17.0 Å². The van der Waals surface area contributed by atoms with Crippen molar-refractivity contribution in [3.05, 3.63) is 65.8 Å². The van der Waals surface area contributed by atoms with E-state index in [9.17, 15) is 4.79 Å². The summed E-state index contributed by atoms with van der Waals surface area (Å²) >= 11 is 0. The van der Waals surface area contributed by atoms with Gasteiger partial charge in [0.15, 0.2) is 5.89 Å². The Hall–Kier alpha value is -3.48. The summed E-state index contributed by atoms with van der Waals surface area (Å²) in [7, 11) is 0. The molecule has 1 N–H and O–H groups in total. The molecule has 0 saturated heterocycles. The first-order valence-electron chi connectivity index (χ1n) is 9.17. The molecule has 0 atom stereocenters. The molecule has 0 unspecified atom stereocenters. The summed E-state index contributed by atoms with van der Waals surface area (Å²) in [5, 5.41) is 2.84. The highest BCUT2D eigenvalue weighted by Gasteiger charge is 2.16. The van der Waals surface area contributed by atoms with Crippen molar-refractivity contribution >= 4 is 17.4 Å². The molecule has 1 aromatic carbocycles. The number of imidazole rings is 1. The summed E-state index contributed by atoms with van der Waals surface area (Å²) in [6.45, 7) is 9.44. The van der Waals surface area contributed by atoms with Crippen molar-refractivity contribution in [1.82, 2.24) is 19.4 Å². The highest BCUT2D eigenvalue weighted by atomic mass is 16.4. The summed E-state index contributed by atoms with van der Waals surface area (Å²) in [6, 6.07) is 7.49. The molecular weight excluding hydrogens is 354 g/mol. The summed E-state index contributed by atoms with van der Waals surface area (Å²) in [6.07, 6.45) is 5.67. The molecule has 28 heavy (non-hydrogen) atoms. The zero-order valence-corrected chi connectivity index (χ0v) is 16.6. The third-order valence-corrected chi connectivity index (χ3v) is 3.97. The van der Waals surface area contributed by atoms with E-state index in [0.717, 1.165) is 16.8 Å². The zero-order valence-electron chi connectivity index (χ0n) is 16.6. The Labute approximate surface area is 163 Å². The molecule has 0 fully saturated rings. The highest BCUT2D eigenvalue weighted by molar-refractivity contribution is 6.03. The number of nitrogens with one attached hydrogen (secondary N) is 1. The number of carbonyl (C=O) groups is 1. The number of amides is 1. The van der Waals surface area contributed by atoms with Crippen LogP contribution in [-0.2, 0) is 0 Å². The molecular formula is C21H23N5O2. The van der Waals surface area contributed by atoms with Crippen LogP contribution >= 0.6 is 0 Å². The van der Waals surface area contributed by atoms with Gasteiger partial charge in [0.1, 0.15) is 0 Å². The molecule has 4 rings (SSSR count). The number of hydrogen-bond donors (Lipinski definition) is 1. The fourth-order valence-electron chi connectivity index (χ4n) is 2.81. The fourth-order valence-corrected chi connectivity index (χ4v) is 2.81. The van der Waals surface area contributed by atoms with Crippen molar-refractivity contribution in [3.8, 4) is 11.3 Å². The van der Waals surface area contributed by atoms with E-state index in [2.05, 4.69) is 20.3 Å². The number of fused-ring (bicyclic) bond motifs is 1. The lowest BCUT2D eigenvalue weighted by Gasteiger charge is -2.05. The maximum Gasteiger partial charge on any atom is 0.293 e. The number of aryl methyl sites for hydroxylation is 3. The molecule has 3 heterocycles. The smallest absolute Gasteiger partial charge is 0.293 e. The summed E-state index contributed by atoms with van der Waals surface area (Å²) in [5.74, 6) is 0.995. The van der Waals surface area contributed by atoms with Crippen molar-refractivity contribution in [2.24, 2.45) is 0 Å². The molecule has 1 amide bonds. The van der Waals surface area contributed by atoms with E-state index >= 15 is 0 Å². The molecule has 7 heteroatoms. The Morgan fingerprint density at radius 3 is 2.61 bits per heavy atom. The molecule has 0 spiro atoms. The van der Waals surface area contributed by atoms with Gasteiger partial charge < -0.3 is 9.73 Å². The molecule has 4 aromatic rings. The predicted molar refractivity (Wildman–Crippen MR) is 108 cm³/mol. The van der Waals surface area contributed by atoms with Crippen LogP contribution in [0.2, 0.25) is 0 Å². The molecule has 3 aromatic heterocycles. The van der Waals surface area contributed by atoms with Gasteiger partial charge in [0.05, 0.1) is 11.4 Å². The van der Waals surface area contributed by atoms with Gasteiger partial charge in [-0.15, -0.1) is 0 Å². The summed E-state index contributed by atoms with van der Waals surface area (Å²) in [4.78, 5) is 25.4. The number of aromatic nitrogens is 4. The largest absolute Gasteiger partial charge is 0.436 e. The van der Waals surface area contributed by atoms with E-state index in [1.54, 1.807) is 20.0 Å². The monoisotopic (exact) mass is 377 g/mol. The maximum absolute atomic E-state index is 12.4. The van der Waals surface area contributed by atoms with Crippen molar-refractivity contribution in [2.75, 3.05) is 5.32 Å². The van der Waals surface area contributed by atoms with E-state index in [1.807, 2.05) is 61.8 Å². The minimum atomic E-state index is -0.326. The minimum Gasteiger partial charge on any atom is -0.436 e. The first kappa shape index (κ1) is 19.3. The molecule has 0 radical (unpaired) electrons. The Balaban J connectivity index is 0.00000109. The second-order valence-electron chi connectivity index (χ2n) is 6.15. The van der Waals surface area contributed by atoms with Gasteiger partial charge in [-0.3, -0.25) is 9.20 Å². The van der Waals surface area contributed by atoms with Gasteiger partial charge in [-0.25, -0.2) is 15.0 Å². The Kier molecular flexibility index (Phi) is 5.54. The van der Waals surface area contributed by atoms with E-state index < -0.39 is 0 Å². The van der Waals surface area contributed by atoms with Gasteiger partial charge >= 0.3 is 0 Å². The van der Waals surface area contributed by atoms with Gasteiger partial charge in [-0.2, -0.15) is 0 Å². The molecule has 0 saturated carbocycles. The number of anilines is 1.